The quantitative estimate of drug-likeness (QED) is 0.863. The maximum atomic E-state index is 13.3. The third-order valence-electron chi connectivity index (χ3n) is 2.02. The van der Waals surface area contributed by atoms with Crippen LogP contribution in [0.5, 0.6) is 0 Å². The molecule has 2 rings (SSSR count). The van der Waals surface area contributed by atoms with E-state index in [-0.39, 0.29) is 16.1 Å². The molecule has 0 bridgehead atoms. The Balaban J connectivity index is 2.21. The molecule has 1 saturated heterocycles. The normalized spacial score (nSPS) is 16.2. The van der Waals surface area contributed by atoms with E-state index in [9.17, 15) is 8.78 Å². The molecule has 0 radical (unpaired) electrons. The van der Waals surface area contributed by atoms with Crippen LogP contribution < -0.4 is 5.32 Å². The van der Waals surface area contributed by atoms with Crippen LogP contribution in [-0.2, 0) is 4.74 Å². The second-order valence-electron chi connectivity index (χ2n) is 3.13. The number of nitrogens with zero attached hydrogens (tertiary/aromatic N) is 1. The molecule has 1 aliphatic heterocycles. The summed E-state index contributed by atoms with van der Waals surface area (Å²) in [4.78, 5) is 3.86. The standard InChI is InChI=1S/C9H10F2N2OS/c1-12-8-6(10)2-7(11)9(13-8)15-5-3-14-4-5/h2,5H,3-4H2,1H3,(H,12,13). The molecule has 0 spiro atoms. The Kier molecular flexibility index (Phi) is 3.06. The van der Waals surface area contributed by atoms with Gasteiger partial charge in [0.05, 0.1) is 18.5 Å². The predicted octanol–water partition coefficient (Wildman–Crippen LogP) is 1.89. The average Bonchev–Trinajstić information content (AvgIpc) is 2.14. The summed E-state index contributed by atoms with van der Waals surface area (Å²) in [5.74, 6) is -1.23. The van der Waals surface area contributed by atoms with Crippen LogP contribution in [0.3, 0.4) is 0 Å². The highest BCUT2D eigenvalue weighted by molar-refractivity contribution is 8.00. The lowest BCUT2D eigenvalue weighted by atomic mass is 10.4. The molecule has 1 aromatic heterocycles. The SMILES string of the molecule is CNc1nc(SC2COC2)c(F)cc1F. The zero-order valence-corrected chi connectivity index (χ0v) is 8.91. The zero-order chi connectivity index (χ0) is 10.8. The number of aromatic nitrogens is 1. The molecule has 1 aliphatic rings. The third kappa shape index (κ3) is 2.21. The van der Waals surface area contributed by atoms with E-state index in [1.54, 1.807) is 7.05 Å². The number of pyridine rings is 1. The molecule has 1 N–H and O–H groups in total. The fourth-order valence-corrected chi connectivity index (χ4v) is 2.11. The summed E-state index contributed by atoms with van der Waals surface area (Å²) in [6.07, 6.45) is 0. The van der Waals surface area contributed by atoms with Crippen LogP contribution in [0, 0.1) is 11.6 Å². The van der Waals surface area contributed by atoms with E-state index in [0.29, 0.717) is 13.2 Å². The summed E-state index contributed by atoms with van der Waals surface area (Å²) in [5.41, 5.74) is 0. The van der Waals surface area contributed by atoms with Gasteiger partial charge in [-0.3, -0.25) is 0 Å². The monoisotopic (exact) mass is 232 g/mol. The smallest absolute Gasteiger partial charge is 0.168 e. The van der Waals surface area contributed by atoms with Crippen molar-refractivity contribution in [3.8, 4) is 0 Å². The van der Waals surface area contributed by atoms with Gasteiger partial charge in [0.2, 0.25) is 0 Å². The van der Waals surface area contributed by atoms with Gasteiger partial charge in [-0.05, 0) is 0 Å². The largest absolute Gasteiger partial charge is 0.379 e. The van der Waals surface area contributed by atoms with Crippen molar-refractivity contribution in [2.45, 2.75) is 10.3 Å². The van der Waals surface area contributed by atoms with E-state index < -0.39 is 11.6 Å². The molecular weight excluding hydrogens is 222 g/mol. The van der Waals surface area contributed by atoms with E-state index in [1.807, 2.05) is 0 Å². The molecule has 2 heterocycles. The summed E-state index contributed by atoms with van der Waals surface area (Å²) in [5, 5.41) is 3.02. The highest BCUT2D eigenvalue weighted by Crippen LogP contribution is 2.30. The minimum atomic E-state index is -0.677. The zero-order valence-electron chi connectivity index (χ0n) is 8.09. The molecular formula is C9H10F2N2OS. The Hall–Kier alpha value is -0.880. The van der Waals surface area contributed by atoms with Crippen molar-refractivity contribution in [3.05, 3.63) is 17.7 Å². The summed E-state index contributed by atoms with van der Waals surface area (Å²) in [7, 11) is 1.55. The van der Waals surface area contributed by atoms with Crippen LogP contribution in [0.4, 0.5) is 14.6 Å². The lowest BCUT2D eigenvalue weighted by molar-refractivity contribution is 0.0454. The minimum absolute atomic E-state index is 0.0686. The molecule has 0 aliphatic carbocycles. The molecule has 0 atom stereocenters. The first kappa shape index (κ1) is 10.6. The summed E-state index contributed by atoms with van der Waals surface area (Å²) in [6, 6.07) is 0.848. The van der Waals surface area contributed by atoms with Crippen LogP contribution in [0.1, 0.15) is 0 Å². The predicted molar refractivity (Wildman–Crippen MR) is 54.2 cm³/mol. The van der Waals surface area contributed by atoms with Gasteiger partial charge in [-0.25, -0.2) is 13.8 Å². The Morgan fingerprint density at radius 1 is 1.47 bits per heavy atom. The van der Waals surface area contributed by atoms with E-state index in [0.717, 1.165) is 6.07 Å². The number of rotatable bonds is 3. The molecule has 15 heavy (non-hydrogen) atoms. The topological polar surface area (TPSA) is 34.2 Å². The summed E-state index contributed by atoms with van der Waals surface area (Å²) >= 11 is 1.28. The minimum Gasteiger partial charge on any atom is -0.379 e. The third-order valence-corrected chi connectivity index (χ3v) is 3.13. The molecule has 0 amide bonds. The number of anilines is 1. The first-order valence-corrected chi connectivity index (χ1v) is 5.37. The molecule has 1 aromatic rings. The second kappa shape index (κ2) is 4.32. The lowest BCUT2D eigenvalue weighted by Crippen LogP contribution is -2.30. The van der Waals surface area contributed by atoms with Gasteiger partial charge in [0, 0.05) is 13.1 Å². The summed E-state index contributed by atoms with van der Waals surface area (Å²) < 4.78 is 31.3. The fraction of sp³-hybridized carbons (Fsp3) is 0.444. The number of hydrogen-bond donors (Lipinski definition) is 1. The van der Waals surface area contributed by atoms with Gasteiger partial charge in [0.1, 0.15) is 5.03 Å². The highest BCUT2D eigenvalue weighted by atomic mass is 32.2. The van der Waals surface area contributed by atoms with Crippen molar-refractivity contribution in [2.75, 3.05) is 25.6 Å². The van der Waals surface area contributed by atoms with Crippen molar-refractivity contribution in [2.24, 2.45) is 0 Å². The van der Waals surface area contributed by atoms with E-state index >= 15 is 0 Å². The molecule has 0 unspecified atom stereocenters. The lowest BCUT2D eigenvalue weighted by Gasteiger charge is -2.24. The molecule has 6 heteroatoms. The van der Waals surface area contributed by atoms with Crippen LogP contribution >= 0.6 is 11.8 Å². The Morgan fingerprint density at radius 3 is 2.73 bits per heavy atom. The average molecular weight is 232 g/mol. The number of nitrogens with one attached hydrogen (secondary N) is 1. The van der Waals surface area contributed by atoms with Gasteiger partial charge < -0.3 is 10.1 Å². The van der Waals surface area contributed by atoms with Crippen LogP contribution in [-0.4, -0.2) is 30.5 Å². The Bertz CT molecular complexity index is 371. The second-order valence-corrected chi connectivity index (χ2v) is 4.42. The molecule has 1 fully saturated rings. The molecule has 0 aromatic carbocycles. The number of hydrogen-bond acceptors (Lipinski definition) is 4. The van der Waals surface area contributed by atoms with Crippen molar-refractivity contribution in [3.63, 3.8) is 0 Å². The summed E-state index contributed by atoms with van der Waals surface area (Å²) in [6.45, 7) is 1.19. The van der Waals surface area contributed by atoms with E-state index in [2.05, 4.69) is 10.3 Å². The van der Waals surface area contributed by atoms with Crippen molar-refractivity contribution in [1.29, 1.82) is 0 Å². The van der Waals surface area contributed by atoms with Gasteiger partial charge in [-0.15, -0.1) is 0 Å². The maximum Gasteiger partial charge on any atom is 0.168 e. The van der Waals surface area contributed by atoms with Gasteiger partial charge in [0.25, 0.3) is 0 Å². The van der Waals surface area contributed by atoms with Crippen LogP contribution in [0.15, 0.2) is 11.1 Å². The molecule has 3 nitrogen and oxygen atoms in total. The highest BCUT2D eigenvalue weighted by Gasteiger charge is 2.23. The van der Waals surface area contributed by atoms with Crippen molar-refractivity contribution >= 4 is 17.6 Å². The van der Waals surface area contributed by atoms with Crippen molar-refractivity contribution < 1.29 is 13.5 Å². The number of halogens is 2. The fourth-order valence-electron chi connectivity index (χ4n) is 1.15. The van der Waals surface area contributed by atoms with Gasteiger partial charge >= 0.3 is 0 Å². The Morgan fingerprint density at radius 2 is 2.20 bits per heavy atom. The first-order valence-electron chi connectivity index (χ1n) is 4.49. The first-order chi connectivity index (χ1) is 7.20. The Labute approximate surface area is 90.2 Å². The van der Waals surface area contributed by atoms with Crippen LogP contribution in [0.2, 0.25) is 0 Å². The number of thioether (sulfide) groups is 1. The number of ether oxygens (including phenoxy) is 1. The molecule has 82 valence electrons. The molecule has 0 saturated carbocycles. The van der Waals surface area contributed by atoms with Gasteiger partial charge in [0.15, 0.2) is 17.5 Å². The maximum absolute atomic E-state index is 13.3. The van der Waals surface area contributed by atoms with Crippen LogP contribution in [0.25, 0.3) is 0 Å². The van der Waals surface area contributed by atoms with E-state index in [4.69, 9.17) is 4.74 Å². The van der Waals surface area contributed by atoms with Crippen molar-refractivity contribution in [1.82, 2.24) is 4.98 Å². The van der Waals surface area contributed by atoms with E-state index in [1.165, 1.54) is 11.8 Å². The van der Waals surface area contributed by atoms with Gasteiger partial charge in [-0.2, -0.15) is 0 Å². The van der Waals surface area contributed by atoms with Gasteiger partial charge in [-0.1, -0.05) is 11.8 Å².